The Hall–Kier alpha value is -1.51. The number of nitrogen functional groups attached to an aromatic ring is 1. The van der Waals surface area contributed by atoms with Gasteiger partial charge >= 0.3 is 0 Å². The van der Waals surface area contributed by atoms with E-state index in [1.807, 2.05) is 24.3 Å². The van der Waals surface area contributed by atoms with E-state index in [-0.39, 0.29) is 0 Å². The molecule has 1 heterocycles. The Morgan fingerprint density at radius 1 is 1.10 bits per heavy atom. The summed E-state index contributed by atoms with van der Waals surface area (Å²) in [6.45, 7) is 0.953. The van der Waals surface area contributed by atoms with Crippen LogP contribution in [0.5, 0.6) is 0 Å². The van der Waals surface area contributed by atoms with E-state index in [1.54, 1.807) is 0 Å². The summed E-state index contributed by atoms with van der Waals surface area (Å²) in [5, 5.41) is 0. The molecule has 3 rings (SSSR count). The zero-order valence-corrected chi connectivity index (χ0v) is 12.1. The predicted octanol–water partition coefficient (Wildman–Crippen LogP) is 2.99. The zero-order valence-electron chi connectivity index (χ0n) is 12.1. The van der Waals surface area contributed by atoms with Crippen LogP contribution in [0.1, 0.15) is 44.1 Å². The van der Waals surface area contributed by atoms with Crippen LogP contribution in [0.2, 0.25) is 0 Å². The molecule has 2 fully saturated rings. The number of benzene rings is 1. The Labute approximate surface area is 121 Å². The summed E-state index contributed by atoms with van der Waals surface area (Å²) < 4.78 is 0. The molecule has 3 nitrogen and oxygen atoms in total. The molecule has 1 aromatic carbocycles. The van der Waals surface area contributed by atoms with Crippen LogP contribution in [0.3, 0.4) is 0 Å². The Morgan fingerprint density at radius 2 is 1.80 bits per heavy atom. The number of carbonyl (C=O) groups excluding carboxylic acids is 1. The summed E-state index contributed by atoms with van der Waals surface area (Å²) in [5.74, 6) is 1.05. The average Bonchev–Trinajstić information content (AvgIpc) is 2.49. The number of carbonyl (C=O) groups is 1. The topological polar surface area (TPSA) is 46.3 Å². The number of nitrogens with two attached hydrogens (primary N) is 1. The van der Waals surface area contributed by atoms with Crippen molar-refractivity contribution in [1.29, 1.82) is 0 Å². The van der Waals surface area contributed by atoms with Crippen LogP contribution < -0.4 is 5.73 Å². The van der Waals surface area contributed by atoms with Crippen molar-refractivity contribution in [3.05, 3.63) is 29.8 Å². The van der Waals surface area contributed by atoms with Gasteiger partial charge in [0.15, 0.2) is 0 Å². The Kier molecular flexibility index (Phi) is 3.95. The van der Waals surface area contributed by atoms with Gasteiger partial charge in [-0.3, -0.25) is 4.79 Å². The highest BCUT2D eigenvalue weighted by Crippen LogP contribution is 2.35. The molecule has 0 spiro atoms. The number of amides is 1. The number of nitrogens with zero attached hydrogens (tertiary/aromatic N) is 1. The Balaban J connectivity index is 1.67. The highest BCUT2D eigenvalue weighted by Gasteiger charge is 2.35. The molecule has 3 heteroatoms. The summed E-state index contributed by atoms with van der Waals surface area (Å²) in [4.78, 5) is 14.8. The summed E-state index contributed by atoms with van der Waals surface area (Å²) in [6, 6.07) is 8.20. The number of piperidine rings is 1. The fraction of sp³-hybridized carbons (Fsp3) is 0.588. The highest BCUT2D eigenvalue weighted by atomic mass is 16.2. The third-order valence-corrected chi connectivity index (χ3v) is 4.90. The zero-order chi connectivity index (χ0) is 13.9. The highest BCUT2D eigenvalue weighted by molar-refractivity contribution is 5.79. The van der Waals surface area contributed by atoms with Gasteiger partial charge in [0.1, 0.15) is 0 Å². The molecule has 0 radical (unpaired) electrons. The summed E-state index contributed by atoms with van der Waals surface area (Å²) in [7, 11) is 0. The van der Waals surface area contributed by atoms with Crippen molar-refractivity contribution in [3.8, 4) is 0 Å². The maximum Gasteiger partial charge on any atom is 0.227 e. The first-order chi connectivity index (χ1) is 9.74. The standard InChI is InChI=1S/C17H24N2O/c18-15-9-7-13(8-10-15)12-17(20)19-11-3-5-14-4-1-2-6-16(14)19/h7-10,14,16H,1-6,11-12,18H2. The second-order valence-corrected chi connectivity index (χ2v) is 6.26. The van der Waals surface area contributed by atoms with Gasteiger partial charge in [0.25, 0.3) is 0 Å². The maximum atomic E-state index is 12.6. The van der Waals surface area contributed by atoms with Gasteiger partial charge in [0, 0.05) is 18.3 Å². The van der Waals surface area contributed by atoms with Gasteiger partial charge in [-0.1, -0.05) is 25.0 Å². The second kappa shape index (κ2) is 5.86. The molecule has 1 aliphatic heterocycles. The molecular weight excluding hydrogens is 248 g/mol. The minimum Gasteiger partial charge on any atom is -0.399 e. The van der Waals surface area contributed by atoms with Crippen LogP contribution in [0.15, 0.2) is 24.3 Å². The van der Waals surface area contributed by atoms with E-state index in [0.717, 1.165) is 23.7 Å². The lowest BCUT2D eigenvalue weighted by molar-refractivity contribution is -0.136. The van der Waals surface area contributed by atoms with Crippen LogP contribution in [0.25, 0.3) is 0 Å². The average molecular weight is 272 g/mol. The largest absolute Gasteiger partial charge is 0.399 e. The molecule has 108 valence electrons. The van der Waals surface area contributed by atoms with Crippen molar-refractivity contribution in [2.24, 2.45) is 5.92 Å². The minimum absolute atomic E-state index is 0.298. The normalized spacial score (nSPS) is 26.1. The van der Waals surface area contributed by atoms with Gasteiger partial charge < -0.3 is 10.6 Å². The van der Waals surface area contributed by atoms with Crippen LogP contribution in [-0.4, -0.2) is 23.4 Å². The molecular formula is C17H24N2O. The van der Waals surface area contributed by atoms with E-state index in [9.17, 15) is 4.79 Å². The van der Waals surface area contributed by atoms with Crippen molar-refractivity contribution < 1.29 is 4.79 Å². The maximum absolute atomic E-state index is 12.6. The van der Waals surface area contributed by atoms with Gasteiger partial charge in [-0.15, -0.1) is 0 Å². The van der Waals surface area contributed by atoms with Crippen LogP contribution in [-0.2, 0) is 11.2 Å². The first-order valence-electron chi connectivity index (χ1n) is 7.88. The molecule has 20 heavy (non-hydrogen) atoms. The van der Waals surface area contributed by atoms with E-state index in [4.69, 9.17) is 5.73 Å². The van der Waals surface area contributed by atoms with Gasteiger partial charge in [-0.25, -0.2) is 0 Å². The summed E-state index contributed by atoms with van der Waals surface area (Å²) >= 11 is 0. The SMILES string of the molecule is Nc1ccc(CC(=O)N2CCCC3CCCCC32)cc1. The summed E-state index contributed by atoms with van der Waals surface area (Å²) in [6.07, 6.45) is 8.16. The quantitative estimate of drug-likeness (QED) is 0.841. The van der Waals surface area contributed by atoms with Crippen molar-refractivity contribution in [3.63, 3.8) is 0 Å². The predicted molar refractivity (Wildman–Crippen MR) is 81.3 cm³/mol. The molecule has 1 amide bonds. The molecule has 0 bridgehead atoms. The number of hydrogen-bond acceptors (Lipinski definition) is 2. The van der Waals surface area contributed by atoms with Gasteiger partial charge in [-0.05, 0) is 49.3 Å². The van der Waals surface area contributed by atoms with E-state index in [1.165, 1.54) is 38.5 Å². The van der Waals surface area contributed by atoms with E-state index in [0.29, 0.717) is 18.4 Å². The molecule has 1 saturated heterocycles. The summed E-state index contributed by atoms with van der Waals surface area (Å²) in [5.41, 5.74) is 7.52. The smallest absolute Gasteiger partial charge is 0.227 e. The first kappa shape index (κ1) is 13.5. The van der Waals surface area contributed by atoms with Crippen molar-refractivity contribution in [1.82, 2.24) is 4.90 Å². The van der Waals surface area contributed by atoms with E-state index < -0.39 is 0 Å². The Morgan fingerprint density at radius 3 is 2.60 bits per heavy atom. The van der Waals surface area contributed by atoms with Crippen molar-refractivity contribution in [2.45, 2.75) is 51.0 Å². The van der Waals surface area contributed by atoms with Crippen LogP contribution in [0.4, 0.5) is 5.69 Å². The third-order valence-electron chi connectivity index (χ3n) is 4.90. The minimum atomic E-state index is 0.298. The van der Waals surface area contributed by atoms with Crippen molar-refractivity contribution in [2.75, 3.05) is 12.3 Å². The first-order valence-corrected chi connectivity index (χ1v) is 7.88. The van der Waals surface area contributed by atoms with Gasteiger partial charge in [0.2, 0.25) is 5.91 Å². The van der Waals surface area contributed by atoms with E-state index >= 15 is 0 Å². The molecule has 2 N–H and O–H groups in total. The van der Waals surface area contributed by atoms with Crippen LogP contribution >= 0.6 is 0 Å². The number of likely N-dealkylation sites (tertiary alicyclic amines) is 1. The molecule has 0 aromatic heterocycles. The fourth-order valence-corrected chi connectivity index (χ4v) is 3.85. The fourth-order valence-electron chi connectivity index (χ4n) is 3.85. The monoisotopic (exact) mass is 272 g/mol. The molecule has 2 unspecified atom stereocenters. The molecule has 1 aromatic rings. The lowest BCUT2D eigenvalue weighted by Gasteiger charge is -2.44. The Bertz CT molecular complexity index is 466. The van der Waals surface area contributed by atoms with Crippen LogP contribution in [0, 0.1) is 5.92 Å². The lowest BCUT2D eigenvalue weighted by atomic mass is 9.78. The molecule has 1 aliphatic carbocycles. The van der Waals surface area contributed by atoms with Gasteiger partial charge in [-0.2, -0.15) is 0 Å². The molecule has 2 atom stereocenters. The number of rotatable bonds is 2. The van der Waals surface area contributed by atoms with Gasteiger partial charge in [0.05, 0.1) is 6.42 Å². The number of fused-ring (bicyclic) bond motifs is 1. The molecule has 1 saturated carbocycles. The van der Waals surface area contributed by atoms with Crippen molar-refractivity contribution >= 4 is 11.6 Å². The lowest BCUT2D eigenvalue weighted by Crippen LogP contribution is -2.50. The number of hydrogen-bond donors (Lipinski definition) is 1. The molecule has 2 aliphatic rings. The second-order valence-electron chi connectivity index (χ2n) is 6.26. The number of anilines is 1. The van der Waals surface area contributed by atoms with E-state index in [2.05, 4.69) is 4.90 Å². The third kappa shape index (κ3) is 2.82.